The van der Waals surface area contributed by atoms with Crippen molar-refractivity contribution in [1.29, 1.82) is 0 Å². The van der Waals surface area contributed by atoms with E-state index >= 15 is 0 Å². The Kier molecular flexibility index (Phi) is 5.34. The van der Waals surface area contributed by atoms with E-state index in [1.54, 1.807) is 36.4 Å². The third-order valence-corrected chi connectivity index (χ3v) is 3.81. The fourth-order valence-corrected chi connectivity index (χ4v) is 2.27. The molecule has 0 aliphatic heterocycles. The topological polar surface area (TPSA) is 41.1 Å². The van der Waals surface area contributed by atoms with Gasteiger partial charge in [0.05, 0.1) is 16.6 Å². The van der Waals surface area contributed by atoms with E-state index in [1.165, 1.54) is 0 Å². The number of aryl methyl sites for hydroxylation is 1. The first-order chi connectivity index (χ1) is 9.95. The molecule has 0 aliphatic carbocycles. The highest BCUT2D eigenvalue weighted by atomic mass is 35.5. The van der Waals surface area contributed by atoms with Crippen LogP contribution in [0.5, 0.6) is 0 Å². The first-order valence-corrected chi connectivity index (χ1v) is 7.34. The van der Waals surface area contributed by atoms with Gasteiger partial charge in [0.15, 0.2) is 0 Å². The van der Waals surface area contributed by atoms with Crippen LogP contribution in [0, 0.1) is 6.92 Å². The van der Waals surface area contributed by atoms with Crippen molar-refractivity contribution >= 4 is 52.1 Å². The van der Waals surface area contributed by atoms with Crippen LogP contribution < -0.4 is 10.6 Å². The Morgan fingerprint density at radius 3 is 2.48 bits per heavy atom. The maximum atomic E-state index is 11.9. The van der Waals surface area contributed by atoms with Gasteiger partial charge in [0.1, 0.15) is 0 Å². The number of halogens is 3. The summed E-state index contributed by atoms with van der Waals surface area (Å²) in [5, 5.41) is 7.35. The number of amides is 1. The smallest absolute Gasteiger partial charge is 0.243 e. The lowest BCUT2D eigenvalue weighted by atomic mass is 10.2. The molecule has 2 rings (SSSR count). The number of hydrogen-bond donors (Lipinski definition) is 2. The van der Waals surface area contributed by atoms with Crippen molar-refractivity contribution in [3.05, 3.63) is 57.0 Å². The second-order valence-electron chi connectivity index (χ2n) is 4.49. The van der Waals surface area contributed by atoms with Gasteiger partial charge < -0.3 is 10.6 Å². The molecule has 0 fully saturated rings. The molecule has 0 spiro atoms. The van der Waals surface area contributed by atoms with E-state index in [0.717, 1.165) is 16.9 Å². The summed E-state index contributed by atoms with van der Waals surface area (Å²) in [6, 6.07) is 10.4. The fraction of sp³-hybridized carbons (Fsp3) is 0.133. The second-order valence-corrected chi connectivity index (χ2v) is 5.74. The summed E-state index contributed by atoms with van der Waals surface area (Å²) in [4.78, 5) is 11.9. The predicted molar refractivity (Wildman–Crippen MR) is 89.8 cm³/mol. The molecule has 0 bridgehead atoms. The Morgan fingerprint density at radius 2 is 1.81 bits per heavy atom. The van der Waals surface area contributed by atoms with Crippen molar-refractivity contribution in [2.24, 2.45) is 0 Å². The molecular weight excluding hydrogens is 331 g/mol. The Morgan fingerprint density at radius 1 is 1.05 bits per heavy atom. The van der Waals surface area contributed by atoms with Gasteiger partial charge in [-0.1, -0.05) is 34.8 Å². The van der Waals surface area contributed by atoms with Crippen LogP contribution in [0.25, 0.3) is 0 Å². The number of rotatable bonds is 4. The minimum atomic E-state index is -0.161. The van der Waals surface area contributed by atoms with E-state index in [4.69, 9.17) is 34.8 Å². The molecule has 6 heteroatoms. The van der Waals surface area contributed by atoms with Crippen LogP contribution in [0.1, 0.15) is 5.56 Å². The summed E-state index contributed by atoms with van der Waals surface area (Å²) in [6.07, 6.45) is 0. The Hall–Kier alpha value is -1.42. The monoisotopic (exact) mass is 342 g/mol. The molecule has 21 heavy (non-hydrogen) atoms. The normalized spacial score (nSPS) is 10.3. The molecule has 0 unspecified atom stereocenters. The van der Waals surface area contributed by atoms with Crippen molar-refractivity contribution in [2.75, 3.05) is 17.2 Å². The number of carbonyl (C=O) groups excluding carboxylic acids is 1. The maximum Gasteiger partial charge on any atom is 0.243 e. The summed E-state index contributed by atoms with van der Waals surface area (Å²) >= 11 is 17.6. The summed E-state index contributed by atoms with van der Waals surface area (Å²) in [7, 11) is 0. The lowest BCUT2D eigenvalue weighted by Crippen LogP contribution is -2.22. The molecule has 0 radical (unpaired) electrons. The van der Waals surface area contributed by atoms with Crippen LogP contribution in [0.3, 0.4) is 0 Å². The standard InChI is InChI=1S/C15H13Cl3N2O/c1-9-6-10(16)2-5-14(9)20-15(21)8-19-11-3-4-12(17)13(18)7-11/h2-7,19H,8H2,1H3,(H,20,21). The quantitative estimate of drug-likeness (QED) is 0.819. The molecular formula is C15H13Cl3N2O. The molecule has 2 aromatic rings. The number of nitrogens with one attached hydrogen (secondary N) is 2. The van der Waals surface area contributed by atoms with Crippen molar-refractivity contribution in [3.8, 4) is 0 Å². The molecule has 0 saturated heterocycles. The lowest BCUT2D eigenvalue weighted by molar-refractivity contribution is -0.114. The molecule has 1 amide bonds. The Labute approximate surface area is 138 Å². The zero-order valence-electron chi connectivity index (χ0n) is 11.2. The number of hydrogen-bond acceptors (Lipinski definition) is 2. The molecule has 0 aromatic heterocycles. The van der Waals surface area contributed by atoms with E-state index in [0.29, 0.717) is 15.1 Å². The van der Waals surface area contributed by atoms with Crippen LogP contribution in [0.2, 0.25) is 15.1 Å². The SMILES string of the molecule is Cc1cc(Cl)ccc1NC(=O)CNc1ccc(Cl)c(Cl)c1. The van der Waals surface area contributed by atoms with E-state index < -0.39 is 0 Å². The van der Waals surface area contributed by atoms with Gasteiger partial charge in [0, 0.05) is 16.4 Å². The third kappa shape index (κ3) is 4.53. The lowest BCUT2D eigenvalue weighted by Gasteiger charge is -2.10. The summed E-state index contributed by atoms with van der Waals surface area (Å²) in [6.45, 7) is 2.01. The van der Waals surface area contributed by atoms with Crippen molar-refractivity contribution in [2.45, 2.75) is 6.92 Å². The number of carbonyl (C=O) groups is 1. The Bertz CT molecular complexity index is 674. The zero-order valence-corrected chi connectivity index (χ0v) is 13.5. The van der Waals surface area contributed by atoms with E-state index in [9.17, 15) is 4.79 Å². The van der Waals surface area contributed by atoms with Crippen LogP contribution >= 0.6 is 34.8 Å². The molecule has 2 aromatic carbocycles. The molecule has 0 atom stereocenters. The average Bonchev–Trinajstić information content (AvgIpc) is 2.43. The minimum absolute atomic E-state index is 0.125. The number of benzene rings is 2. The van der Waals surface area contributed by atoms with Crippen LogP contribution in [0.15, 0.2) is 36.4 Å². The zero-order chi connectivity index (χ0) is 15.4. The fourth-order valence-electron chi connectivity index (χ4n) is 1.75. The first kappa shape index (κ1) is 16.0. The molecule has 110 valence electrons. The van der Waals surface area contributed by atoms with Crippen LogP contribution in [-0.4, -0.2) is 12.5 Å². The minimum Gasteiger partial charge on any atom is -0.376 e. The van der Waals surface area contributed by atoms with E-state index in [2.05, 4.69) is 10.6 Å². The van der Waals surface area contributed by atoms with Gasteiger partial charge >= 0.3 is 0 Å². The van der Waals surface area contributed by atoms with Gasteiger partial charge in [0.25, 0.3) is 0 Å². The second kappa shape index (κ2) is 7.03. The largest absolute Gasteiger partial charge is 0.376 e. The van der Waals surface area contributed by atoms with Gasteiger partial charge in [0.2, 0.25) is 5.91 Å². The maximum absolute atomic E-state index is 11.9. The third-order valence-electron chi connectivity index (χ3n) is 2.84. The summed E-state index contributed by atoms with van der Waals surface area (Å²) in [5.41, 5.74) is 2.37. The predicted octanol–water partition coefficient (Wildman–Crippen LogP) is 5.01. The molecule has 2 N–H and O–H groups in total. The molecule has 0 aliphatic rings. The number of anilines is 2. The van der Waals surface area contributed by atoms with Gasteiger partial charge in [-0.3, -0.25) is 4.79 Å². The summed E-state index contributed by atoms with van der Waals surface area (Å²) < 4.78 is 0. The van der Waals surface area contributed by atoms with Gasteiger partial charge in [-0.05, 0) is 48.9 Å². The van der Waals surface area contributed by atoms with Crippen LogP contribution in [0.4, 0.5) is 11.4 Å². The highest BCUT2D eigenvalue weighted by Gasteiger charge is 2.06. The molecule has 3 nitrogen and oxygen atoms in total. The summed E-state index contributed by atoms with van der Waals surface area (Å²) in [5.74, 6) is -0.161. The van der Waals surface area contributed by atoms with Gasteiger partial charge in [-0.25, -0.2) is 0 Å². The van der Waals surface area contributed by atoms with E-state index in [-0.39, 0.29) is 12.5 Å². The average molecular weight is 344 g/mol. The van der Waals surface area contributed by atoms with Gasteiger partial charge in [-0.15, -0.1) is 0 Å². The molecule has 0 saturated carbocycles. The Balaban J connectivity index is 1.94. The van der Waals surface area contributed by atoms with E-state index in [1.807, 2.05) is 6.92 Å². The molecule has 0 heterocycles. The highest BCUT2D eigenvalue weighted by Crippen LogP contribution is 2.25. The first-order valence-electron chi connectivity index (χ1n) is 6.20. The van der Waals surface area contributed by atoms with Gasteiger partial charge in [-0.2, -0.15) is 0 Å². The van der Waals surface area contributed by atoms with Crippen LogP contribution in [-0.2, 0) is 4.79 Å². The van der Waals surface area contributed by atoms with Crippen molar-refractivity contribution in [3.63, 3.8) is 0 Å². The highest BCUT2D eigenvalue weighted by molar-refractivity contribution is 6.42. The van der Waals surface area contributed by atoms with Crippen molar-refractivity contribution in [1.82, 2.24) is 0 Å². The van der Waals surface area contributed by atoms with Crippen molar-refractivity contribution < 1.29 is 4.79 Å².